The number of hydrogen-bond donors (Lipinski definition) is 0. The smallest absolute Gasteiger partial charge is 0.231 e. The Morgan fingerprint density at radius 2 is 2.12 bits per heavy atom. The van der Waals surface area contributed by atoms with Gasteiger partial charge in [0, 0.05) is 36.1 Å². The van der Waals surface area contributed by atoms with Gasteiger partial charge in [-0.3, -0.25) is 9.88 Å². The summed E-state index contributed by atoms with van der Waals surface area (Å²) in [6.45, 7) is 2.75. The second kappa shape index (κ2) is 6.71. The number of pyridine rings is 1. The van der Waals surface area contributed by atoms with Crippen LogP contribution in [0.3, 0.4) is 0 Å². The van der Waals surface area contributed by atoms with Gasteiger partial charge in [-0.05, 0) is 36.7 Å². The van der Waals surface area contributed by atoms with Crippen LogP contribution in [0.1, 0.15) is 23.8 Å². The Balaban J connectivity index is 1.44. The molecule has 5 nitrogen and oxygen atoms in total. The number of nitrogens with zero attached hydrogens (tertiary/aromatic N) is 4. The molecule has 0 amide bonds. The van der Waals surface area contributed by atoms with Gasteiger partial charge in [0.05, 0.1) is 5.92 Å². The van der Waals surface area contributed by atoms with E-state index in [9.17, 15) is 0 Å². The molecule has 1 aliphatic heterocycles. The Kier molecular flexibility index (Phi) is 4.28. The van der Waals surface area contributed by atoms with E-state index >= 15 is 0 Å². The van der Waals surface area contributed by atoms with Crippen molar-refractivity contribution in [2.45, 2.75) is 18.9 Å². The van der Waals surface area contributed by atoms with Crippen molar-refractivity contribution in [1.82, 2.24) is 20.0 Å². The first-order valence-electron chi connectivity index (χ1n) is 7.99. The predicted octanol–water partition coefficient (Wildman–Crippen LogP) is 3.77. The average Bonchev–Trinajstić information content (AvgIpc) is 3.27. The van der Waals surface area contributed by atoms with Crippen molar-refractivity contribution in [3.05, 3.63) is 65.3 Å². The zero-order valence-electron chi connectivity index (χ0n) is 13.1. The molecular weight excluding hydrogens is 324 g/mol. The van der Waals surface area contributed by atoms with Gasteiger partial charge in [0.25, 0.3) is 0 Å². The van der Waals surface area contributed by atoms with Crippen LogP contribution in [0.2, 0.25) is 5.02 Å². The summed E-state index contributed by atoms with van der Waals surface area (Å²) in [6.07, 6.45) is 4.49. The lowest BCUT2D eigenvalue weighted by molar-refractivity contribution is 0.309. The monoisotopic (exact) mass is 340 g/mol. The van der Waals surface area contributed by atoms with Crippen LogP contribution in [0.4, 0.5) is 0 Å². The average molecular weight is 341 g/mol. The standard InChI is InChI=1S/C18H17ClN4O/c19-16-6-2-1-4-14(16)11-23-9-7-15(12-23)18-21-17(22-24-18)13-5-3-8-20-10-13/h1-6,8,10,15H,7,9,11-12H2/t15-/m0/s1. The van der Waals surface area contributed by atoms with Crippen molar-refractivity contribution in [2.24, 2.45) is 0 Å². The highest BCUT2D eigenvalue weighted by atomic mass is 35.5. The summed E-state index contributed by atoms with van der Waals surface area (Å²) in [4.78, 5) is 11.0. The first-order valence-corrected chi connectivity index (χ1v) is 8.37. The maximum Gasteiger partial charge on any atom is 0.231 e. The molecule has 0 N–H and O–H groups in total. The lowest BCUT2D eigenvalue weighted by atomic mass is 10.1. The molecule has 3 aromatic rings. The number of halogens is 1. The lowest BCUT2D eigenvalue weighted by Gasteiger charge is -2.16. The second-order valence-corrected chi connectivity index (χ2v) is 6.42. The Hall–Kier alpha value is -2.24. The van der Waals surface area contributed by atoms with Crippen LogP contribution < -0.4 is 0 Å². The third-order valence-corrected chi connectivity index (χ3v) is 4.70. The van der Waals surface area contributed by atoms with Gasteiger partial charge >= 0.3 is 0 Å². The van der Waals surface area contributed by atoms with Crippen molar-refractivity contribution in [3.63, 3.8) is 0 Å². The molecule has 0 unspecified atom stereocenters. The SMILES string of the molecule is Clc1ccccc1CN1CC[C@H](c2nc(-c3cccnc3)no2)C1. The molecule has 24 heavy (non-hydrogen) atoms. The largest absolute Gasteiger partial charge is 0.339 e. The Labute approximate surface area is 145 Å². The van der Waals surface area contributed by atoms with Crippen molar-refractivity contribution in [2.75, 3.05) is 13.1 Å². The molecule has 0 aliphatic carbocycles. The molecule has 122 valence electrons. The maximum absolute atomic E-state index is 6.25. The minimum absolute atomic E-state index is 0.269. The maximum atomic E-state index is 6.25. The predicted molar refractivity (Wildman–Crippen MR) is 91.6 cm³/mol. The van der Waals surface area contributed by atoms with Crippen molar-refractivity contribution in [3.8, 4) is 11.4 Å². The fourth-order valence-electron chi connectivity index (χ4n) is 3.06. The summed E-state index contributed by atoms with van der Waals surface area (Å²) < 4.78 is 5.48. The molecule has 0 saturated carbocycles. The van der Waals surface area contributed by atoms with Gasteiger partial charge in [0.2, 0.25) is 11.7 Å². The first kappa shape index (κ1) is 15.3. The van der Waals surface area contributed by atoms with Gasteiger partial charge in [-0.1, -0.05) is 35.0 Å². The second-order valence-electron chi connectivity index (χ2n) is 6.01. The quantitative estimate of drug-likeness (QED) is 0.723. The van der Waals surface area contributed by atoms with Crippen molar-refractivity contribution in [1.29, 1.82) is 0 Å². The van der Waals surface area contributed by atoms with E-state index in [0.717, 1.165) is 42.2 Å². The van der Waals surface area contributed by atoms with Gasteiger partial charge in [0.1, 0.15) is 0 Å². The normalized spacial score (nSPS) is 18.1. The van der Waals surface area contributed by atoms with E-state index in [2.05, 4.69) is 26.1 Å². The summed E-state index contributed by atoms with van der Waals surface area (Å²) in [5, 5.41) is 4.91. The third-order valence-electron chi connectivity index (χ3n) is 4.33. The lowest BCUT2D eigenvalue weighted by Crippen LogP contribution is -2.20. The summed E-state index contributed by atoms with van der Waals surface area (Å²) in [7, 11) is 0. The molecular formula is C18H17ClN4O. The van der Waals surface area contributed by atoms with Crippen LogP contribution in [0.5, 0.6) is 0 Å². The zero-order valence-corrected chi connectivity index (χ0v) is 13.9. The summed E-state index contributed by atoms with van der Waals surface area (Å²) >= 11 is 6.25. The molecule has 0 spiro atoms. The van der Waals surface area contributed by atoms with Crippen LogP contribution in [0, 0.1) is 0 Å². The number of hydrogen-bond acceptors (Lipinski definition) is 5. The van der Waals surface area contributed by atoms with Crippen LogP contribution in [-0.2, 0) is 6.54 Å². The first-order chi connectivity index (χ1) is 11.8. The Morgan fingerprint density at radius 1 is 1.21 bits per heavy atom. The minimum Gasteiger partial charge on any atom is -0.339 e. The molecule has 1 aromatic carbocycles. The Bertz CT molecular complexity index is 821. The van der Waals surface area contributed by atoms with E-state index in [1.54, 1.807) is 12.4 Å². The van der Waals surface area contributed by atoms with Crippen LogP contribution in [0.25, 0.3) is 11.4 Å². The molecule has 1 fully saturated rings. The summed E-state index contributed by atoms with van der Waals surface area (Å²) in [5.41, 5.74) is 2.03. The summed E-state index contributed by atoms with van der Waals surface area (Å²) in [5.74, 6) is 1.57. The topological polar surface area (TPSA) is 55.1 Å². The van der Waals surface area contributed by atoms with Crippen molar-refractivity contribution >= 4 is 11.6 Å². The van der Waals surface area contributed by atoms with E-state index < -0.39 is 0 Å². The van der Waals surface area contributed by atoms with E-state index in [4.69, 9.17) is 16.1 Å². The molecule has 0 bridgehead atoms. The molecule has 1 aliphatic rings. The molecule has 2 aromatic heterocycles. The molecule has 3 heterocycles. The molecule has 0 radical (unpaired) electrons. The number of aromatic nitrogens is 3. The fourth-order valence-corrected chi connectivity index (χ4v) is 3.25. The fraction of sp³-hybridized carbons (Fsp3) is 0.278. The van der Waals surface area contributed by atoms with Gasteiger partial charge in [-0.15, -0.1) is 0 Å². The highest BCUT2D eigenvalue weighted by Crippen LogP contribution is 2.29. The highest BCUT2D eigenvalue weighted by molar-refractivity contribution is 6.31. The number of rotatable bonds is 4. The molecule has 4 rings (SSSR count). The van der Waals surface area contributed by atoms with Crippen LogP contribution in [0.15, 0.2) is 53.3 Å². The van der Waals surface area contributed by atoms with Gasteiger partial charge in [-0.25, -0.2) is 0 Å². The molecule has 1 atom stereocenters. The van der Waals surface area contributed by atoms with Gasteiger partial charge < -0.3 is 4.52 Å². The summed E-state index contributed by atoms with van der Waals surface area (Å²) in [6, 6.07) is 11.8. The van der Waals surface area contributed by atoms with E-state index in [0.29, 0.717) is 11.7 Å². The van der Waals surface area contributed by atoms with Gasteiger partial charge in [-0.2, -0.15) is 4.98 Å². The van der Waals surface area contributed by atoms with Crippen LogP contribution in [-0.4, -0.2) is 33.1 Å². The Morgan fingerprint density at radius 3 is 2.96 bits per heavy atom. The number of benzene rings is 1. The number of likely N-dealkylation sites (tertiary alicyclic amines) is 1. The third kappa shape index (κ3) is 3.18. The van der Waals surface area contributed by atoms with E-state index in [1.165, 1.54) is 0 Å². The van der Waals surface area contributed by atoms with E-state index in [1.807, 2.05) is 30.3 Å². The zero-order chi connectivity index (χ0) is 16.4. The van der Waals surface area contributed by atoms with Crippen LogP contribution >= 0.6 is 11.6 Å². The van der Waals surface area contributed by atoms with E-state index in [-0.39, 0.29) is 5.92 Å². The van der Waals surface area contributed by atoms with Crippen molar-refractivity contribution < 1.29 is 4.52 Å². The minimum atomic E-state index is 0.269. The van der Waals surface area contributed by atoms with Gasteiger partial charge in [0.15, 0.2) is 0 Å². The highest BCUT2D eigenvalue weighted by Gasteiger charge is 2.28. The molecule has 6 heteroatoms. The molecule has 1 saturated heterocycles.